The van der Waals surface area contributed by atoms with Gasteiger partial charge in [-0.25, -0.2) is 9.37 Å². The van der Waals surface area contributed by atoms with Gasteiger partial charge in [0.1, 0.15) is 0 Å². The molecule has 4 heterocycles. The van der Waals surface area contributed by atoms with Crippen LogP contribution in [0.25, 0.3) is 0 Å². The van der Waals surface area contributed by atoms with Crippen LogP contribution in [0.1, 0.15) is 24.8 Å². The highest BCUT2D eigenvalue weighted by molar-refractivity contribution is 5.14. The quantitative estimate of drug-likeness (QED) is 0.823. The van der Waals surface area contributed by atoms with Crippen LogP contribution in [0.5, 0.6) is 5.88 Å². The smallest absolute Gasteiger partial charge is 0.250 e. The van der Waals surface area contributed by atoms with Crippen LogP contribution >= 0.6 is 0 Å². The van der Waals surface area contributed by atoms with E-state index < -0.39 is 5.82 Å². The second-order valence-corrected chi connectivity index (χ2v) is 7.26. The van der Waals surface area contributed by atoms with E-state index in [0.29, 0.717) is 6.61 Å². The van der Waals surface area contributed by atoms with Crippen molar-refractivity contribution in [3.8, 4) is 5.88 Å². The maximum absolute atomic E-state index is 13.9. The topological polar surface area (TPSA) is 47.5 Å². The van der Waals surface area contributed by atoms with Gasteiger partial charge in [-0.3, -0.25) is 9.88 Å². The highest BCUT2D eigenvalue weighted by atomic mass is 19.1. The number of ether oxygens (including phenoxy) is 2. The number of hydrogen-bond donors (Lipinski definition) is 0. The Morgan fingerprint density at radius 3 is 3.00 bits per heavy atom. The van der Waals surface area contributed by atoms with E-state index in [4.69, 9.17) is 9.47 Å². The Bertz CT molecular complexity index is 730. The molecule has 2 fully saturated rings. The van der Waals surface area contributed by atoms with E-state index in [2.05, 4.69) is 27.0 Å². The number of nitrogens with zero attached hydrogens (tertiary/aromatic N) is 3. The molecule has 0 radical (unpaired) electrons. The summed E-state index contributed by atoms with van der Waals surface area (Å²) in [7, 11) is 0. The number of hydrogen-bond acceptors (Lipinski definition) is 5. The molecule has 0 N–H and O–H groups in total. The van der Waals surface area contributed by atoms with Gasteiger partial charge >= 0.3 is 0 Å². The Kier molecular flexibility index (Phi) is 5.13. The van der Waals surface area contributed by atoms with Crippen molar-refractivity contribution < 1.29 is 13.9 Å². The van der Waals surface area contributed by atoms with Crippen LogP contribution in [-0.2, 0) is 11.3 Å². The summed E-state index contributed by atoms with van der Waals surface area (Å²) < 4.78 is 25.8. The zero-order valence-electron chi connectivity index (χ0n) is 14.8. The average molecular weight is 357 g/mol. The van der Waals surface area contributed by atoms with E-state index in [9.17, 15) is 4.39 Å². The Balaban J connectivity index is 1.48. The molecule has 0 amide bonds. The minimum atomic E-state index is -0.415. The van der Waals surface area contributed by atoms with Crippen LogP contribution < -0.4 is 4.74 Å². The van der Waals surface area contributed by atoms with Crippen LogP contribution in [-0.4, -0.2) is 47.3 Å². The van der Waals surface area contributed by atoms with Crippen LogP contribution in [0.15, 0.2) is 42.9 Å². The molecule has 4 rings (SSSR count). The summed E-state index contributed by atoms with van der Waals surface area (Å²) >= 11 is 0. The molecule has 2 atom stereocenters. The monoisotopic (exact) mass is 357 g/mol. The van der Waals surface area contributed by atoms with Crippen molar-refractivity contribution >= 4 is 0 Å². The van der Waals surface area contributed by atoms with Crippen LogP contribution in [0, 0.1) is 11.2 Å². The second kappa shape index (κ2) is 7.68. The molecule has 2 aromatic rings. The molecule has 2 saturated heterocycles. The van der Waals surface area contributed by atoms with Crippen LogP contribution in [0.3, 0.4) is 0 Å². The van der Waals surface area contributed by atoms with Gasteiger partial charge in [-0.2, -0.15) is 0 Å². The molecule has 0 saturated carbocycles. The van der Waals surface area contributed by atoms with E-state index >= 15 is 0 Å². The number of pyridine rings is 2. The van der Waals surface area contributed by atoms with Gasteiger partial charge in [-0.15, -0.1) is 0 Å². The number of piperidine rings is 1. The molecular weight excluding hydrogens is 333 g/mol. The number of rotatable bonds is 5. The number of halogens is 1. The van der Waals surface area contributed by atoms with Crippen molar-refractivity contribution in [3.05, 3.63) is 54.2 Å². The summed E-state index contributed by atoms with van der Waals surface area (Å²) in [5, 5.41) is 0. The summed E-state index contributed by atoms with van der Waals surface area (Å²) in [4.78, 5) is 10.6. The minimum Gasteiger partial charge on any atom is -0.475 e. The van der Waals surface area contributed by atoms with E-state index in [0.717, 1.165) is 45.5 Å². The molecule has 0 aromatic carbocycles. The third-order valence-electron chi connectivity index (χ3n) is 5.44. The van der Waals surface area contributed by atoms with Crippen molar-refractivity contribution in [2.24, 2.45) is 5.41 Å². The minimum absolute atomic E-state index is 0.0810. The largest absolute Gasteiger partial charge is 0.475 e. The number of likely N-dealkylation sites (tertiary alicyclic amines) is 1. The van der Waals surface area contributed by atoms with Gasteiger partial charge in [0, 0.05) is 50.2 Å². The Morgan fingerprint density at radius 1 is 1.27 bits per heavy atom. The molecule has 0 spiro atoms. The number of aromatic nitrogens is 2. The molecule has 6 heteroatoms. The summed E-state index contributed by atoms with van der Waals surface area (Å²) in [6, 6.07) is 7.06. The van der Waals surface area contributed by atoms with E-state index in [-0.39, 0.29) is 17.4 Å². The lowest BCUT2D eigenvalue weighted by Gasteiger charge is -2.50. The standard InChI is InChI=1S/C20H24FN3O2/c21-17-3-1-8-23-19(17)26-15-20-7-2-12-25-18(20)6-11-24(14-20)13-16-4-9-22-10-5-16/h1,3-5,8-10,18H,2,6-7,11-15H2/t18-,20+/m0/s1. The highest BCUT2D eigenvalue weighted by Gasteiger charge is 2.46. The van der Waals surface area contributed by atoms with E-state index in [1.165, 1.54) is 11.6 Å². The Labute approximate surface area is 153 Å². The predicted octanol–water partition coefficient (Wildman–Crippen LogP) is 3.07. The maximum atomic E-state index is 13.9. The fourth-order valence-electron chi connectivity index (χ4n) is 4.16. The van der Waals surface area contributed by atoms with Crippen molar-refractivity contribution in [2.75, 3.05) is 26.3 Å². The van der Waals surface area contributed by atoms with Crippen molar-refractivity contribution in [1.29, 1.82) is 0 Å². The summed E-state index contributed by atoms with van der Waals surface area (Å²) in [5.41, 5.74) is 1.13. The van der Waals surface area contributed by atoms with Gasteiger partial charge < -0.3 is 9.47 Å². The van der Waals surface area contributed by atoms with E-state index in [1.54, 1.807) is 12.3 Å². The molecule has 2 aliphatic rings. The third kappa shape index (κ3) is 3.71. The van der Waals surface area contributed by atoms with Crippen LogP contribution in [0.2, 0.25) is 0 Å². The van der Waals surface area contributed by atoms with Crippen molar-refractivity contribution in [2.45, 2.75) is 31.9 Å². The average Bonchev–Trinajstić information content (AvgIpc) is 2.68. The molecular formula is C20H24FN3O2. The zero-order chi connectivity index (χ0) is 17.8. The molecule has 5 nitrogen and oxygen atoms in total. The fourth-order valence-corrected chi connectivity index (χ4v) is 4.16. The van der Waals surface area contributed by atoms with Crippen molar-refractivity contribution in [1.82, 2.24) is 14.9 Å². The fraction of sp³-hybridized carbons (Fsp3) is 0.500. The molecule has 0 aliphatic carbocycles. The first-order valence-electron chi connectivity index (χ1n) is 9.21. The summed E-state index contributed by atoms with van der Waals surface area (Å²) in [6.45, 7) is 3.99. The lowest BCUT2D eigenvalue weighted by molar-refractivity contribution is -0.141. The van der Waals surface area contributed by atoms with E-state index in [1.807, 2.05) is 12.4 Å². The first kappa shape index (κ1) is 17.4. The molecule has 0 bridgehead atoms. The summed E-state index contributed by atoms with van der Waals surface area (Å²) in [5.74, 6) is -0.334. The highest BCUT2D eigenvalue weighted by Crippen LogP contribution is 2.41. The van der Waals surface area contributed by atoms with Gasteiger partial charge in [-0.05, 0) is 49.1 Å². The molecule has 138 valence electrons. The van der Waals surface area contributed by atoms with Crippen molar-refractivity contribution in [3.63, 3.8) is 0 Å². The molecule has 2 aromatic heterocycles. The first-order chi connectivity index (χ1) is 12.8. The predicted molar refractivity (Wildman–Crippen MR) is 95.2 cm³/mol. The van der Waals surface area contributed by atoms with Gasteiger partial charge in [0.25, 0.3) is 0 Å². The lowest BCUT2D eigenvalue weighted by Crippen LogP contribution is -2.57. The lowest BCUT2D eigenvalue weighted by atomic mass is 9.73. The third-order valence-corrected chi connectivity index (χ3v) is 5.44. The van der Waals surface area contributed by atoms with Crippen LogP contribution in [0.4, 0.5) is 4.39 Å². The number of fused-ring (bicyclic) bond motifs is 1. The van der Waals surface area contributed by atoms with Gasteiger partial charge in [0.05, 0.1) is 12.7 Å². The van der Waals surface area contributed by atoms with Gasteiger partial charge in [-0.1, -0.05) is 0 Å². The normalized spacial score (nSPS) is 26.3. The molecule has 2 aliphatic heterocycles. The first-order valence-corrected chi connectivity index (χ1v) is 9.21. The van der Waals surface area contributed by atoms with Gasteiger partial charge in [0.15, 0.2) is 5.82 Å². The summed E-state index contributed by atoms with van der Waals surface area (Å²) in [6.07, 6.45) is 8.38. The Hall–Kier alpha value is -2.05. The maximum Gasteiger partial charge on any atom is 0.250 e. The zero-order valence-corrected chi connectivity index (χ0v) is 14.8. The van der Waals surface area contributed by atoms with Gasteiger partial charge in [0.2, 0.25) is 5.88 Å². The second-order valence-electron chi connectivity index (χ2n) is 7.26. The Morgan fingerprint density at radius 2 is 2.15 bits per heavy atom. The molecule has 0 unspecified atom stereocenters. The molecule has 26 heavy (non-hydrogen) atoms. The SMILES string of the molecule is Fc1cccnc1OC[C@]12CCCO[C@H]1CCN(Cc1ccncc1)C2.